The minimum Gasteiger partial charge on any atom is -0.502 e. The van der Waals surface area contributed by atoms with Crippen LogP contribution in [-0.2, 0) is 6.18 Å². The van der Waals surface area contributed by atoms with Gasteiger partial charge in [-0.1, -0.05) is 23.7 Å². The zero-order valence-electron chi connectivity index (χ0n) is 11.7. The molecule has 2 rings (SSSR count). The van der Waals surface area contributed by atoms with Crippen LogP contribution in [0.2, 0.25) is 5.02 Å². The molecule has 0 aliphatic carbocycles. The maximum atomic E-state index is 12.8. The van der Waals surface area contributed by atoms with E-state index in [1.54, 1.807) is 0 Å². The minimum atomic E-state index is -4.57. The molecule has 24 heavy (non-hydrogen) atoms. The highest BCUT2D eigenvalue weighted by Gasteiger charge is 2.33. The summed E-state index contributed by atoms with van der Waals surface area (Å²) in [4.78, 5) is 9.94. The number of benzene rings is 2. The Bertz CT molecular complexity index is 810. The van der Waals surface area contributed by atoms with E-state index in [0.717, 1.165) is 18.3 Å². The summed E-state index contributed by atoms with van der Waals surface area (Å²) in [5.74, 6) is -0.695. The van der Waals surface area contributed by atoms with Crippen molar-refractivity contribution in [2.75, 3.05) is 5.43 Å². The van der Waals surface area contributed by atoms with Gasteiger partial charge in [-0.25, -0.2) is 0 Å². The van der Waals surface area contributed by atoms with Gasteiger partial charge in [0.1, 0.15) is 0 Å². The van der Waals surface area contributed by atoms with Crippen LogP contribution in [0.4, 0.5) is 24.5 Å². The zero-order chi connectivity index (χ0) is 17.9. The highest BCUT2D eigenvalue weighted by Crippen LogP contribution is 2.35. The standard InChI is InChI=1S/C14H9ClF3N3O3/c15-9-5-8(13(22)12(6-9)21(23)24)7-19-20-11-4-2-1-3-10(11)14(16,17)18/h1-7,20,22H/b19-7-. The Morgan fingerprint density at radius 3 is 2.58 bits per heavy atom. The molecule has 0 fully saturated rings. The van der Waals surface area contributed by atoms with Crippen LogP contribution in [0.15, 0.2) is 41.5 Å². The molecular formula is C14H9ClF3N3O3. The normalized spacial score (nSPS) is 11.7. The first-order valence-electron chi connectivity index (χ1n) is 6.32. The average Bonchev–Trinajstić information content (AvgIpc) is 2.49. The molecule has 0 atom stereocenters. The smallest absolute Gasteiger partial charge is 0.418 e. The summed E-state index contributed by atoms with van der Waals surface area (Å²) in [6.07, 6.45) is -3.64. The van der Waals surface area contributed by atoms with Gasteiger partial charge in [-0.3, -0.25) is 15.5 Å². The Labute approximate surface area is 138 Å². The first-order valence-corrected chi connectivity index (χ1v) is 6.70. The van der Waals surface area contributed by atoms with Crippen molar-refractivity contribution in [3.8, 4) is 5.75 Å². The number of rotatable bonds is 4. The molecule has 2 aromatic carbocycles. The van der Waals surface area contributed by atoms with Gasteiger partial charge in [-0.2, -0.15) is 18.3 Å². The number of halogens is 4. The fraction of sp³-hybridized carbons (Fsp3) is 0.0714. The molecule has 0 radical (unpaired) electrons. The number of phenols is 1. The molecule has 0 saturated carbocycles. The van der Waals surface area contributed by atoms with Crippen LogP contribution in [0.25, 0.3) is 0 Å². The molecule has 0 amide bonds. The van der Waals surface area contributed by atoms with E-state index in [9.17, 15) is 28.4 Å². The van der Waals surface area contributed by atoms with Crippen LogP contribution in [0, 0.1) is 10.1 Å². The van der Waals surface area contributed by atoms with Crippen LogP contribution >= 0.6 is 11.6 Å². The van der Waals surface area contributed by atoms with E-state index >= 15 is 0 Å². The van der Waals surface area contributed by atoms with E-state index in [1.807, 2.05) is 0 Å². The number of hydrogen-bond acceptors (Lipinski definition) is 5. The third-order valence-corrected chi connectivity index (χ3v) is 3.12. The first kappa shape index (κ1) is 17.5. The van der Waals surface area contributed by atoms with Crippen LogP contribution in [0.5, 0.6) is 5.75 Å². The third-order valence-electron chi connectivity index (χ3n) is 2.90. The van der Waals surface area contributed by atoms with Crippen molar-refractivity contribution in [2.24, 2.45) is 5.10 Å². The van der Waals surface area contributed by atoms with Gasteiger partial charge in [-0.05, 0) is 18.2 Å². The summed E-state index contributed by atoms with van der Waals surface area (Å²) < 4.78 is 38.5. The number of nitrogens with one attached hydrogen (secondary N) is 1. The zero-order valence-corrected chi connectivity index (χ0v) is 12.5. The molecule has 0 unspecified atom stereocenters. The molecule has 0 aromatic heterocycles. The molecule has 0 heterocycles. The number of nitrogens with zero attached hydrogens (tertiary/aromatic N) is 2. The van der Waals surface area contributed by atoms with E-state index in [1.165, 1.54) is 24.3 Å². The molecule has 0 spiro atoms. The second-order valence-electron chi connectivity index (χ2n) is 4.53. The molecule has 0 bridgehead atoms. The van der Waals surface area contributed by atoms with Crippen molar-refractivity contribution >= 4 is 29.2 Å². The van der Waals surface area contributed by atoms with Gasteiger partial charge >= 0.3 is 11.9 Å². The Balaban J connectivity index is 2.30. The van der Waals surface area contributed by atoms with Crippen molar-refractivity contribution < 1.29 is 23.2 Å². The number of alkyl halides is 3. The third kappa shape index (κ3) is 3.93. The van der Waals surface area contributed by atoms with Crippen molar-refractivity contribution in [3.63, 3.8) is 0 Å². The van der Waals surface area contributed by atoms with E-state index in [-0.39, 0.29) is 16.3 Å². The van der Waals surface area contributed by atoms with Crippen molar-refractivity contribution in [1.29, 1.82) is 0 Å². The Hall–Kier alpha value is -2.81. The lowest BCUT2D eigenvalue weighted by Gasteiger charge is -2.11. The largest absolute Gasteiger partial charge is 0.502 e. The lowest BCUT2D eigenvalue weighted by Crippen LogP contribution is -2.08. The molecule has 6 nitrogen and oxygen atoms in total. The van der Waals surface area contributed by atoms with Gasteiger partial charge in [0.25, 0.3) is 0 Å². The number of anilines is 1. The van der Waals surface area contributed by atoms with Gasteiger partial charge in [-0.15, -0.1) is 0 Å². The Kier molecular flexibility index (Phi) is 4.93. The van der Waals surface area contributed by atoms with Crippen molar-refractivity contribution in [3.05, 3.63) is 62.7 Å². The van der Waals surface area contributed by atoms with E-state index in [4.69, 9.17) is 11.6 Å². The predicted molar refractivity (Wildman–Crippen MR) is 82.4 cm³/mol. The fourth-order valence-corrected chi connectivity index (χ4v) is 2.06. The van der Waals surface area contributed by atoms with Gasteiger partial charge < -0.3 is 5.11 Å². The number of hydrogen-bond donors (Lipinski definition) is 2. The highest BCUT2D eigenvalue weighted by atomic mass is 35.5. The van der Waals surface area contributed by atoms with Crippen LogP contribution < -0.4 is 5.43 Å². The molecule has 2 N–H and O–H groups in total. The van der Waals surface area contributed by atoms with Gasteiger partial charge in [0, 0.05) is 16.7 Å². The molecule has 126 valence electrons. The number of para-hydroxylation sites is 1. The van der Waals surface area contributed by atoms with Crippen LogP contribution in [0.1, 0.15) is 11.1 Å². The van der Waals surface area contributed by atoms with E-state index in [0.29, 0.717) is 0 Å². The van der Waals surface area contributed by atoms with Crippen LogP contribution in [0.3, 0.4) is 0 Å². The fourth-order valence-electron chi connectivity index (χ4n) is 1.84. The maximum absolute atomic E-state index is 12.8. The summed E-state index contributed by atoms with van der Waals surface area (Å²) in [7, 11) is 0. The Morgan fingerprint density at radius 2 is 1.96 bits per heavy atom. The minimum absolute atomic E-state index is 0.0309. The number of hydrazone groups is 1. The van der Waals surface area contributed by atoms with Crippen molar-refractivity contribution in [1.82, 2.24) is 0 Å². The Morgan fingerprint density at radius 1 is 1.29 bits per heavy atom. The van der Waals surface area contributed by atoms with E-state index in [2.05, 4.69) is 10.5 Å². The summed E-state index contributed by atoms with van der Waals surface area (Å²) in [6, 6.07) is 6.78. The summed E-state index contributed by atoms with van der Waals surface area (Å²) in [6.45, 7) is 0. The molecule has 2 aromatic rings. The molecule has 0 aliphatic rings. The van der Waals surface area contributed by atoms with Gasteiger partial charge in [0.2, 0.25) is 5.75 Å². The van der Waals surface area contributed by atoms with Crippen LogP contribution in [-0.4, -0.2) is 16.2 Å². The predicted octanol–water partition coefficient (Wildman–Crippen LogP) is 4.42. The number of nitro groups is 1. The average molecular weight is 360 g/mol. The van der Waals surface area contributed by atoms with E-state index < -0.39 is 28.1 Å². The number of aromatic hydroxyl groups is 1. The topological polar surface area (TPSA) is 87.8 Å². The molecule has 0 saturated heterocycles. The molecule has 0 aliphatic heterocycles. The monoisotopic (exact) mass is 359 g/mol. The molecule has 10 heteroatoms. The van der Waals surface area contributed by atoms with Gasteiger partial charge in [0.15, 0.2) is 0 Å². The molecular weight excluding hydrogens is 351 g/mol. The van der Waals surface area contributed by atoms with Gasteiger partial charge in [0.05, 0.1) is 22.4 Å². The number of nitro benzene ring substituents is 1. The summed E-state index contributed by atoms with van der Waals surface area (Å²) in [5.41, 5.74) is 0.195. The number of phenolic OH excluding ortho intramolecular Hbond substituents is 1. The lowest BCUT2D eigenvalue weighted by atomic mass is 10.2. The SMILES string of the molecule is O=[N+]([O-])c1cc(Cl)cc(/C=N\Nc2ccccc2C(F)(F)F)c1O. The second-order valence-corrected chi connectivity index (χ2v) is 4.97. The van der Waals surface area contributed by atoms with Crippen molar-refractivity contribution in [2.45, 2.75) is 6.18 Å². The summed E-state index contributed by atoms with van der Waals surface area (Å²) in [5, 5.41) is 24.1. The highest BCUT2D eigenvalue weighted by molar-refractivity contribution is 6.31. The first-order chi connectivity index (χ1) is 11.2. The quantitative estimate of drug-likeness (QED) is 0.480. The lowest BCUT2D eigenvalue weighted by molar-refractivity contribution is -0.385. The maximum Gasteiger partial charge on any atom is 0.418 e. The second kappa shape index (κ2) is 6.75. The summed E-state index contributed by atoms with van der Waals surface area (Å²) >= 11 is 5.70.